The lowest BCUT2D eigenvalue weighted by Gasteiger charge is -2.22. The molecule has 1 heterocycles. The van der Waals surface area contributed by atoms with Crippen LogP contribution in [0.3, 0.4) is 0 Å². The molecule has 2 aromatic carbocycles. The quantitative estimate of drug-likeness (QED) is 0.457. The summed E-state index contributed by atoms with van der Waals surface area (Å²) in [6.07, 6.45) is 0. The molecule has 6 heteroatoms. The van der Waals surface area contributed by atoms with Crippen molar-refractivity contribution in [2.24, 2.45) is 0 Å². The number of carbonyl (C=O) groups excluding carboxylic acids is 1. The largest absolute Gasteiger partial charge is 0.403 e. The standard InChI is InChI=1S/C21H21BrN2O2S/c1-14-18(27-17-8-6-5-7-9-17)19(24(23-14)21(2,3)4)26-20(25)15-10-12-16(22)13-11-15/h5-13H,1-4H3. The van der Waals surface area contributed by atoms with Crippen molar-refractivity contribution >= 4 is 33.7 Å². The Labute approximate surface area is 172 Å². The van der Waals surface area contributed by atoms with E-state index in [4.69, 9.17) is 4.74 Å². The number of hydrogen-bond acceptors (Lipinski definition) is 4. The summed E-state index contributed by atoms with van der Waals surface area (Å²) < 4.78 is 8.54. The predicted octanol–water partition coefficient (Wildman–Crippen LogP) is 6.08. The summed E-state index contributed by atoms with van der Waals surface area (Å²) in [6, 6.07) is 17.1. The smallest absolute Gasteiger partial charge is 0.344 e. The maximum Gasteiger partial charge on any atom is 0.344 e. The Morgan fingerprint density at radius 3 is 2.30 bits per heavy atom. The van der Waals surface area contributed by atoms with Gasteiger partial charge in [-0.15, -0.1) is 0 Å². The van der Waals surface area contributed by atoms with Gasteiger partial charge in [0.1, 0.15) is 0 Å². The first-order valence-corrected chi connectivity index (χ1v) is 10.2. The van der Waals surface area contributed by atoms with E-state index in [0.717, 1.165) is 20.0 Å². The molecule has 0 radical (unpaired) electrons. The fraction of sp³-hybridized carbons (Fsp3) is 0.238. The van der Waals surface area contributed by atoms with Crippen molar-refractivity contribution in [1.82, 2.24) is 9.78 Å². The van der Waals surface area contributed by atoms with Gasteiger partial charge in [-0.3, -0.25) is 0 Å². The van der Waals surface area contributed by atoms with Crippen molar-refractivity contribution in [3.8, 4) is 5.88 Å². The van der Waals surface area contributed by atoms with E-state index in [1.165, 1.54) is 0 Å². The van der Waals surface area contributed by atoms with Gasteiger partial charge < -0.3 is 4.74 Å². The molecule has 1 aromatic heterocycles. The maximum atomic E-state index is 12.7. The highest BCUT2D eigenvalue weighted by Gasteiger charge is 2.27. The number of rotatable bonds is 4. The van der Waals surface area contributed by atoms with E-state index in [0.29, 0.717) is 11.4 Å². The minimum Gasteiger partial charge on any atom is -0.403 e. The van der Waals surface area contributed by atoms with Crippen LogP contribution in [0.2, 0.25) is 0 Å². The summed E-state index contributed by atoms with van der Waals surface area (Å²) in [4.78, 5) is 14.6. The van der Waals surface area contributed by atoms with Crippen LogP contribution in [-0.2, 0) is 5.54 Å². The first kappa shape index (κ1) is 19.7. The van der Waals surface area contributed by atoms with Crippen molar-refractivity contribution in [1.29, 1.82) is 0 Å². The number of halogens is 1. The molecule has 0 saturated heterocycles. The Balaban J connectivity index is 2.00. The van der Waals surface area contributed by atoms with Gasteiger partial charge in [-0.25, -0.2) is 9.48 Å². The van der Waals surface area contributed by atoms with Crippen LogP contribution in [-0.4, -0.2) is 15.7 Å². The summed E-state index contributed by atoms with van der Waals surface area (Å²) in [5, 5.41) is 4.65. The number of nitrogens with zero attached hydrogens (tertiary/aromatic N) is 2. The molecule has 0 saturated carbocycles. The van der Waals surface area contributed by atoms with E-state index >= 15 is 0 Å². The van der Waals surface area contributed by atoms with Crippen LogP contribution in [0.5, 0.6) is 5.88 Å². The summed E-state index contributed by atoms with van der Waals surface area (Å²) in [7, 11) is 0. The molecule has 0 amide bonds. The molecule has 27 heavy (non-hydrogen) atoms. The number of benzene rings is 2. The lowest BCUT2D eigenvalue weighted by molar-refractivity contribution is 0.0704. The Hall–Kier alpha value is -2.05. The minimum atomic E-state index is -0.400. The molecule has 3 aromatic rings. The van der Waals surface area contributed by atoms with Crippen molar-refractivity contribution in [2.75, 3.05) is 0 Å². The number of ether oxygens (including phenoxy) is 1. The van der Waals surface area contributed by atoms with Crippen LogP contribution >= 0.6 is 27.7 Å². The normalized spacial score (nSPS) is 11.4. The highest BCUT2D eigenvalue weighted by molar-refractivity contribution is 9.10. The third kappa shape index (κ3) is 4.62. The van der Waals surface area contributed by atoms with Gasteiger partial charge in [0.2, 0.25) is 5.88 Å². The van der Waals surface area contributed by atoms with Gasteiger partial charge in [-0.05, 0) is 64.1 Å². The van der Waals surface area contributed by atoms with Gasteiger partial charge in [0.05, 0.1) is 21.7 Å². The molecule has 0 aliphatic carbocycles. The molecule has 0 aliphatic heterocycles. The van der Waals surface area contributed by atoms with Crippen molar-refractivity contribution < 1.29 is 9.53 Å². The van der Waals surface area contributed by atoms with Gasteiger partial charge >= 0.3 is 5.97 Å². The highest BCUT2D eigenvalue weighted by Crippen LogP contribution is 2.40. The zero-order chi connectivity index (χ0) is 19.6. The van der Waals surface area contributed by atoms with Gasteiger partial charge in [-0.2, -0.15) is 5.10 Å². The first-order valence-electron chi connectivity index (χ1n) is 8.56. The third-order valence-corrected chi connectivity index (χ3v) is 5.54. The van der Waals surface area contributed by atoms with Crippen LogP contribution in [0.25, 0.3) is 0 Å². The molecule has 4 nitrogen and oxygen atoms in total. The second kappa shape index (κ2) is 7.90. The summed E-state index contributed by atoms with van der Waals surface area (Å²) in [6.45, 7) is 8.04. The first-order chi connectivity index (χ1) is 12.8. The van der Waals surface area contributed by atoms with E-state index in [1.54, 1.807) is 28.6 Å². The van der Waals surface area contributed by atoms with Crippen LogP contribution in [0.4, 0.5) is 0 Å². The fourth-order valence-electron chi connectivity index (χ4n) is 2.49. The van der Waals surface area contributed by atoms with Gasteiger partial charge in [-0.1, -0.05) is 45.9 Å². The molecule has 0 spiro atoms. The van der Waals surface area contributed by atoms with Crippen LogP contribution < -0.4 is 4.74 Å². The molecule has 0 atom stereocenters. The Kier molecular flexibility index (Phi) is 5.77. The van der Waals surface area contributed by atoms with E-state index in [1.807, 2.05) is 70.2 Å². The van der Waals surface area contributed by atoms with Crippen molar-refractivity contribution in [2.45, 2.75) is 43.0 Å². The summed E-state index contributed by atoms with van der Waals surface area (Å²) >= 11 is 4.93. The van der Waals surface area contributed by atoms with Crippen LogP contribution in [0.15, 0.2) is 68.9 Å². The lowest BCUT2D eigenvalue weighted by atomic mass is 10.1. The van der Waals surface area contributed by atoms with Crippen LogP contribution in [0.1, 0.15) is 36.8 Å². The number of esters is 1. The fourth-order valence-corrected chi connectivity index (χ4v) is 3.69. The Morgan fingerprint density at radius 2 is 1.70 bits per heavy atom. The molecule has 0 N–H and O–H groups in total. The molecular formula is C21H21BrN2O2S. The lowest BCUT2D eigenvalue weighted by Crippen LogP contribution is -2.25. The van der Waals surface area contributed by atoms with Gasteiger partial charge in [0, 0.05) is 9.37 Å². The van der Waals surface area contributed by atoms with Crippen molar-refractivity contribution in [3.05, 3.63) is 70.3 Å². The van der Waals surface area contributed by atoms with Crippen LogP contribution in [0, 0.1) is 6.92 Å². The molecular weight excluding hydrogens is 424 g/mol. The molecule has 3 rings (SSSR count). The summed E-state index contributed by atoms with van der Waals surface area (Å²) in [5.41, 5.74) is 1.00. The zero-order valence-corrected chi connectivity index (χ0v) is 18.1. The Morgan fingerprint density at radius 1 is 1.07 bits per heavy atom. The number of aryl methyl sites for hydroxylation is 1. The van der Waals surface area contributed by atoms with E-state index < -0.39 is 5.97 Å². The van der Waals surface area contributed by atoms with Gasteiger partial charge in [0.15, 0.2) is 0 Å². The third-order valence-electron chi connectivity index (χ3n) is 3.83. The second-order valence-corrected chi connectivity index (χ2v) is 9.11. The number of carbonyl (C=O) groups is 1. The zero-order valence-electron chi connectivity index (χ0n) is 15.7. The number of hydrogen-bond donors (Lipinski definition) is 0. The molecule has 0 fully saturated rings. The molecule has 140 valence electrons. The average Bonchev–Trinajstić information content (AvgIpc) is 2.93. The molecule has 0 unspecified atom stereocenters. The van der Waals surface area contributed by atoms with Crippen molar-refractivity contribution in [3.63, 3.8) is 0 Å². The second-order valence-electron chi connectivity index (χ2n) is 7.11. The molecule has 0 aliphatic rings. The highest BCUT2D eigenvalue weighted by atomic mass is 79.9. The number of aromatic nitrogens is 2. The van der Waals surface area contributed by atoms with E-state index in [9.17, 15) is 4.79 Å². The topological polar surface area (TPSA) is 44.1 Å². The maximum absolute atomic E-state index is 12.7. The Bertz CT molecular complexity index is 945. The van der Waals surface area contributed by atoms with Gasteiger partial charge in [0.25, 0.3) is 0 Å². The molecule has 0 bridgehead atoms. The van der Waals surface area contributed by atoms with E-state index in [2.05, 4.69) is 21.0 Å². The minimum absolute atomic E-state index is 0.324. The van der Waals surface area contributed by atoms with E-state index in [-0.39, 0.29) is 5.54 Å². The summed E-state index contributed by atoms with van der Waals surface area (Å²) in [5.74, 6) is 0.0737. The monoisotopic (exact) mass is 444 g/mol. The SMILES string of the molecule is Cc1nn(C(C)(C)C)c(OC(=O)c2ccc(Br)cc2)c1Sc1ccccc1. The predicted molar refractivity (Wildman–Crippen MR) is 112 cm³/mol. The average molecular weight is 445 g/mol.